The minimum Gasteiger partial charge on any atom is -0.482 e. The van der Waals surface area contributed by atoms with E-state index in [9.17, 15) is 4.79 Å². The highest BCUT2D eigenvalue weighted by Gasteiger charge is 2.05. The Morgan fingerprint density at radius 3 is 2.48 bits per heavy atom. The Labute approximate surface area is 150 Å². The number of benzene rings is 2. The van der Waals surface area contributed by atoms with Crippen molar-refractivity contribution >= 4 is 40.9 Å². The Bertz CT molecular complexity index is 652. The molecule has 0 aliphatic rings. The Balaban J connectivity index is 1.60. The van der Waals surface area contributed by atoms with Gasteiger partial charge >= 0.3 is 0 Å². The van der Waals surface area contributed by atoms with Crippen LogP contribution in [0.2, 0.25) is 10.0 Å². The van der Waals surface area contributed by atoms with Crippen LogP contribution in [0, 0.1) is 0 Å². The van der Waals surface area contributed by atoms with Crippen LogP contribution in [0.25, 0.3) is 0 Å². The van der Waals surface area contributed by atoms with Gasteiger partial charge in [0.1, 0.15) is 5.75 Å². The second kappa shape index (κ2) is 9.71. The molecule has 0 radical (unpaired) electrons. The Kier molecular flexibility index (Phi) is 7.59. The minimum atomic E-state index is -0.164. The fraction of sp³-hybridized carbons (Fsp3) is 0.235. The van der Waals surface area contributed by atoms with Crippen molar-refractivity contribution in [2.75, 3.05) is 18.9 Å². The molecule has 0 saturated heterocycles. The first-order chi connectivity index (χ1) is 11.2. The summed E-state index contributed by atoms with van der Waals surface area (Å²) in [5.41, 5.74) is 1.10. The number of hydrogen-bond donors (Lipinski definition) is 1. The molecule has 23 heavy (non-hydrogen) atoms. The molecule has 0 spiro atoms. The average molecular weight is 370 g/mol. The van der Waals surface area contributed by atoms with Crippen LogP contribution in [0.15, 0.2) is 48.5 Å². The van der Waals surface area contributed by atoms with Gasteiger partial charge in [0.05, 0.1) is 5.02 Å². The van der Waals surface area contributed by atoms with E-state index in [-0.39, 0.29) is 12.5 Å². The summed E-state index contributed by atoms with van der Waals surface area (Å²) in [4.78, 5) is 11.7. The van der Waals surface area contributed by atoms with Gasteiger partial charge in [0.25, 0.3) is 5.91 Å². The number of hydrogen-bond acceptors (Lipinski definition) is 3. The third kappa shape index (κ3) is 6.34. The summed E-state index contributed by atoms with van der Waals surface area (Å²) in [5, 5.41) is 4.08. The van der Waals surface area contributed by atoms with Gasteiger partial charge in [-0.25, -0.2) is 0 Å². The van der Waals surface area contributed by atoms with Crippen molar-refractivity contribution in [2.45, 2.75) is 5.75 Å². The highest BCUT2D eigenvalue weighted by Crippen LogP contribution is 2.23. The largest absolute Gasteiger partial charge is 0.482 e. The van der Waals surface area contributed by atoms with Crippen LogP contribution in [0.1, 0.15) is 5.56 Å². The molecule has 1 amide bonds. The fourth-order valence-corrected chi connectivity index (χ4v) is 3.15. The van der Waals surface area contributed by atoms with Gasteiger partial charge in [-0.05, 0) is 23.8 Å². The van der Waals surface area contributed by atoms with Crippen LogP contribution in [-0.2, 0) is 10.5 Å². The third-order valence-corrected chi connectivity index (χ3v) is 4.67. The van der Waals surface area contributed by atoms with E-state index in [1.165, 1.54) is 0 Å². The third-order valence-electron chi connectivity index (χ3n) is 2.98. The predicted octanol–water partition coefficient (Wildman–Crippen LogP) is 4.42. The van der Waals surface area contributed by atoms with Gasteiger partial charge in [-0.2, -0.15) is 11.8 Å². The molecule has 6 heteroatoms. The summed E-state index contributed by atoms with van der Waals surface area (Å²) in [6.45, 7) is 0.540. The van der Waals surface area contributed by atoms with Crippen molar-refractivity contribution in [2.24, 2.45) is 0 Å². The molecule has 1 N–H and O–H groups in total. The molecule has 0 aliphatic carbocycles. The van der Waals surface area contributed by atoms with Crippen molar-refractivity contribution < 1.29 is 9.53 Å². The van der Waals surface area contributed by atoms with Gasteiger partial charge in [-0.1, -0.05) is 53.5 Å². The first-order valence-electron chi connectivity index (χ1n) is 7.12. The first-order valence-corrected chi connectivity index (χ1v) is 9.03. The van der Waals surface area contributed by atoms with Gasteiger partial charge in [0.2, 0.25) is 0 Å². The number of carbonyl (C=O) groups is 1. The van der Waals surface area contributed by atoms with Crippen LogP contribution >= 0.6 is 35.0 Å². The Morgan fingerprint density at radius 2 is 1.74 bits per heavy atom. The summed E-state index contributed by atoms with van der Waals surface area (Å²) >= 11 is 13.8. The normalized spacial score (nSPS) is 10.3. The summed E-state index contributed by atoms with van der Waals surface area (Å²) in [5.74, 6) is 1.98. The monoisotopic (exact) mass is 369 g/mol. The zero-order valence-electron chi connectivity index (χ0n) is 12.4. The number of nitrogens with one attached hydrogen (secondary N) is 1. The predicted molar refractivity (Wildman–Crippen MR) is 97.6 cm³/mol. The van der Waals surface area contributed by atoms with E-state index in [1.807, 2.05) is 36.4 Å². The van der Waals surface area contributed by atoms with Crippen molar-refractivity contribution in [1.82, 2.24) is 5.32 Å². The Morgan fingerprint density at radius 1 is 1.04 bits per heavy atom. The molecule has 0 unspecified atom stereocenters. The maximum atomic E-state index is 11.7. The van der Waals surface area contributed by atoms with E-state index in [2.05, 4.69) is 5.32 Å². The number of rotatable bonds is 8. The highest BCUT2D eigenvalue weighted by molar-refractivity contribution is 7.98. The lowest BCUT2D eigenvalue weighted by atomic mass is 10.2. The summed E-state index contributed by atoms with van der Waals surface area (Å²) in [7, 11) is 0. The van der Waals surface area contributed by atoms with E-state index in [0.717, 1.165) is 22.1 Å². The molecule has 0 aliphatic heterocycles. The molecule has 3 nitrogen and oxygen atoms in total. The number of halogens is 2. The van der Waals surface area contributed by atoms with E-state index >= 15 is 0 Å². The zero-order valence-corrected chi connectivity index (χ0v) is 14.8. The van der Waals surface area contributed by atoms with Crippen molar-refractivity contribution in [3.63, 3.8) is 0 Å². The fourth-order valence-electron chi connectivity index (χ4n) is 1.82. The molecule has 2 rings (SSSR count). The van der Waals surface area contributed by atoms with Crippen molar-refractivity contribution in [3.8, 4) is 5.75 Å². The topological polar surface area (TPSA) is 38.3 Å². The molecule has 0 saturated carbocycles. The van der Waals surface area contributed by atoms with Gasteiger partial charge < -0.3 is 10.1 Å². The molecular weight excluding hydrogens is 353 g/mol. The van der Waals surface area contributed by atoms with E-state index < -0.39 is 0 Å². The zero-order chi connectivity index (χ0) is 16.5. The molecule has 0 heterocycles. The van der Waals surface area contributed by atoms with E-state index in [0.29, 0.717) is 17.3 Å². The number of thioether (sulfide) groups is 1. The maximum absolute atomic E-state index is 11.7. The maximum Gasteiger partial charge on any atom is 0.257 e. The van der Waals surface area contributed by atoms with Gasteiger partial charge in [-0.3, -0.25) is 4.79 Å². The van der Waals surface area contributed by atoms with Crippen LogP contribution in [0.4, 0.5) is 0 Å². The first kappa shape index (κ1) is 18.0. The number of para-hydroxylation sites is 1. The van der Waals surface area contributed by atoms with Gasteiger partial charge in [0.15, 0.2) is 6.61 Å². The van der Waals surface area contributed by atoms with E-state index in [1.54, 1.807) is 23.9 Å². The number of ether oxygens (including phenoxy) is 1. The van der Waals surface area contributed by atoms with Gasteiger partial charge in [-0.15, -0.1) is 0 Å². The SMILES string of the molecule is O=C(COc1ccccc1Cl)NCCSCc1ccccc1Cl. The smallest absolute Gasteiger partial charge is 0.257 e. The second-order valence-corrected chi connectivity index (χ2v) is 6.63. The lowest BCUT2D eigenvalue weighted by Crippen LogP contribution is -2.30. The highest BCUT2D eigenvalue weighted by atomic mass is 35.5. The molecule has 2 aromatic rings. The summed E-state index contributed by atoms with van der Waals surface area (Å²) < 4.78 is 5.37. The molecule has 2 aromatic carbocycles. The average Bonchev–Trinajstić information content (AvgIpc) is 2.55. The van der Waals surface area contributed by atoms with Crippen LogP contribution in [0.5, 0.6) is 5.75 Å². The number of carbonyl (C=O) groups excluding carboxylic acids is 1. The number of amides is 1. The molecule has 0 aromatic heterocycles. The van der Waals surface area contributed by atoms with Gasteiger partial charge in [0, 0.05) is 23.1 Å². The van der Waals surface area contributed by atoms with Crippen molar-refractivity contribution in [3.05, 3.63) is 64.1 Å². The second-order valence-electron chi connectivity index (χ2n) is 4.71. The lowest BCUT2D eigenvalue weighted by Gasteiger charge is -2.08. The minimum absolute atomic E-state index is 0.0427. The van der Waals surface area contributed by atoms with Crippen LogP contribution in [-0.4, -0.2) is 24.8 Å². The quantitative estimate of drug-likeness (QED) is 0.699. The standard InChI is InChI=1S/C17H17Cl2NO2S/c18-14-6-2-1-5-13(14)12-23-10-9-20-17(21)11-22-16-8-4-3-7-15(16)19/h1-8H,9-12H2,(H,20,21). The van der Waals surface area contributed by atoms with Crippen LogP contribution in [0.3, 0.4) is 0 Å². The van der Waals surface area contributed by atoms with Crippen LogP contribution < -0.4 is 10.1 Å². The van der Waals surface area contributed by atoms with E-state index in [4.69, 9.17) is 27.9 Å². The van der Waals surface area contributed by atoms with Crippen molar-refractivity contribution in [1.29, 1.82) is 0 Å². The lowest BCUT2D eigenvalue weighted by molar-refractivity contribution is -0.122. The molecule has 0 bridgehead atoms. The molecule has 0 fully saturated rings. The molecule has 0 atom stereocenters. The molecule has 122 valence electrons. The Hall–Kier alpha value is -1.36. The summed E-state index contributed by atoms with van der Waals surface area (Å²) in [6, 6.07) is 14.8. The summed E-state index contributed by atoms with van der Waals surface area (Å²) in [6.07, 6.45) is 0. The molecular formula is C17H17Cl2NO2S.